The normalized spacial score (nSPS) is 21.2. The zero-order chi connectivity index (χ0) is 21.1. The number of ether oxygens (including phenoxy) is 1. The highest BCUT2D eigenvalue weighted by molar-refractivity contribution is 8.00. The van der Waals surface area contributed by atoms with Crippen LogP contribution in [0.1, 0.15) is 5.56 Å². The zero-order valence-electron chi connectivity index (χ0n) is 16.0. The third kappa shape index (κ3) is 4.40. The molecular weight excluding hydrogens is 409 g/mol. The van der Waals surface area contributed by atoms with Gasteiger partial charge in [-0.25, -0.2) is 9.18 Å². The molecule has 0 radical (unpaired) electrons. The van der Waals surface area contributed by atoms with E-state index in [1.165, 1.54) is 22.7 Å². The molecule has 2 saturated heterocycles. The summed E-state index contributed by atoms with van der Waals surface area (Å²) < 4.78 is 18.8. The van der Waals surface area contributed by atoms with Gasteiger partial charge in [-0.2, -0.15) is 0 Å². The van der Waals surface area contributed by atoms with E-state index in [4.69, 9.17) is 4.74 Å². The summed E-state index contributed by atoms with van der Waals surface area (Å²) in [6.07, 6.45) is -0.152. The first-order valence-corrected chi connectivity index (χ1v) is 10.6. The van der Waals surface area contributed by atoms with Gasteiger partial charge >= 0.3 is 6.09 Å². The minimum Gasteiger partial charge on any atom is -0.447 e. The summed E-state index contributed by atoms with van der Waals surface area (Å²) in [6, 6.07) is 12.6. The molecule has 2 heterocycles. The molecule has 30 heavy (non-hydrogen) atoms. The predicted molar refractivity (Wildman–Crippen MR) is 112 cm³/mol. The monoisotopic (exact) mass is 429 g/mol. The average molecular weight is 429 g/mol. The van der Waals surface area contributed by atoms with Crippen LogP contribution in [0, 0.1) is 5.82 Å². The van der Waals surface area contributed by atoms with Crippen LogP contribution in [0.15, 0.2) is 48.5 Å². The van der Waals surface area contributed by atoms with Crippen LogP contribution < -0.4 is 15.5 Å². The maximum absolute atomic E-state index is 13.9. The molecule has 156 valence electrons. The SMILES string of the molecule is O=C1N[C@@H](C(=O)Nc2cccc(N3CCOC3=O)c2)CS[C@H]1Cc1ccccc1F. The summed E-state index contributed by atoms with van der Waals surface area (Å²) in [5, 5.41) is 5.05. The number of nitrogens with one attached hydrogen (secondary N) is 2. The Bertz CT molecular complexity index is 986. The predicted octanol–water partition coefficient (Wildman–Crippen LogP) is 2.56. The standard InChI is InChI=1S/C21H20FN3O4S/c22-16-7-2-1-4-13(16)10-18-20(27)24-17(12-30-18)19(26)23-14-5-3-6-15(11-14)25-8-9-29-21(25)28/h1-7,11,17-18H,8-10,12H2,(H,23,26)(H,24,27)/t17-,18+/m1/s1. The van der Waals surface area contributed by atoms with E-state index in [2.05, 4.69) is 10.6 Å². The van der Waals surface area contributed by atoms with E-state index in [1.54, 1.807) is 42.5 Å². The molecule has 2 aromatic carbocycles. The van der Waals surface area contributed by atoms with Crippen LogP contribution in [-0.2, 0) is 20.7 Å². The molecule has 3 amide bonds. The van der Waals surface area contributed by atoms with E-state index < -0.39 is 17.4 Å². The largest absolute Gasteiger partial charge is 0.447 e. The summed E-state index contributed by atoms with van der Waals surface area (Å²) in [6.45, 7) is 0.781. The number of thioether (sulfide) groups is 1. The Morgan fingerprint density at radius 1 is 1.23 bits per heavy atom. The minimum atomic E-state index is -0.695. The van der Waals surface area contributed by atoms with Crippen molar-refractivity contribution in [3.05, 3.63) is 59.9 Å². The molecule has 0 aliphatic carbocycles. The van der Waals surface area contributed by atoms with Crippen molar-refractivity contribution in [1.29, 1.82) is 0 Å². The lowest BCUT2D eigenvalue weighted by atomic mass is 10.1. The lowest BCUT2D eigenvalue weighted by Crippen LogP contribution is -2.52. The highest BCUT2D eigenvalue weighted by atomic mass is 32.2. The third-order valence-electron chi connectivity index (χ3n) is 4.94. The highest BCUT2D eigenvalue weighted by Crippen LogP contribution is 2.25. The number of hydrogen-bond acceptors (Lipinski definition) is 5. The van der Waals surface area contributed by atoms with Gasteiger partial charge < -0.3 is 15.4 Å². The summed E-state index contributed by atoms with van der Waals surface area (Å²) in [7, 11) is 0. The molecular formula is C21H20FN3O4S. The van der Waals surface area contributed by atoms with Crippen molar-refractivity contribution in [2.24, 2.45) is 0 Å². The lowest BCUT2D eigenvalue weighted by Gasteiger charge is -2.28. The number of benzene rings is 2. The topological polar surface area (TPSA) is 87.7 Å². The number of carbonyl (C=O) groups is 3. The van der Waals surface area contributed by atoms with Crippen LogP contribution in [0.5, 0.6) is 0 Å². The zero-order valence-corrected chi connectivity index (χ0v) is 16.8. The van der Waals surface area contributed by atoms with Crippen LogP contribution in [0.3, 0.4) is 0 Å². The van der Waals surface area contributed by atoms with Crippen LogP contribution in [0.4, 0.5) is 20.6 Å². The Morgan fingerprint density at radius 3 is 2.80 bits per heavy atom. The summed E-state index contributed by atoms with van der Waals surface area (Å²) in [5.74, 6) is -0.591. The molecule has 0 unspecified atom stereocenters. The Balaban J connectivity index is 1.36. The van der Waals surface area contributed by atoms with Crippen molar-refractivity contribution >= 4 is 41.0 Å². The van der Waals surface area contributed by atoms with Gasteiger partial charge in [0.05, 0.1) is 11.8 Å². The first-order valence-electron chi connectivity index (χ1n) is 9.52. The maximum atomic E-state index is 13.9. The fourth-order valence-corrected chi connectivity index (χ4v) is 4.54. The Kier molecular flexibility index (Phi) is 5.89. The third-order valence-corrected chi connectivity index (χ3v) is 6.25. The average Bonchev–Trinajstić information content (AvgIpc) is 3.17. The van der Waals surface area contributed by atoms with Crippen molar-refractivity contribution in [1.82, 2.24) is 5.32 Å². The maximum Gasteiger partial charge on any atom is 0.414 e. The van der Waals surface area contributed by atoms with Gasteiger partial charge in [-0.05, 0) is 36.2 Å². The van der Waals surface area contributed by atoms with Gasteiger partial charge in [0.1, 0.15) is 18.5 Å². The summed E-state index contributed by atoms with van der Waals surface area (Å²) in [4.78, 5) is 38.3. The quantitative estimate of drug-likeness (QED) is 0.763. The van der Waals surface area contributed by atoms with Crippen molar-refractivity contribution < 1.29 is 23.5 Å². The second-order valence-corrected chi connectivity index (χ2v) is 8.22. The van der Waals surface area contributed by atoms with Crippen LogP contribution in [0.2, 0.25) is 0 Å². The summed E-state index contributed by atoms with van der Waals surface area (Å²) in [5.41, 5.74) is 1.62. The number of cyclic esters (lactones) is 1. The van der Waals surface area contributed by atoms with E-state index >= 15 is 0 Å². The lowest BCUT2D eigenvalue weighted by molar-refractivity contribution is -0.126. The number of nitrogens with zero attached hydrogens (tertiary/aromatic N) is 1. The first-order chi connectivity index (χ1) is 14.5. The van der Waals surface area contributed by atoms with E-state index in [0.717, 1.165) is 0 Å². The van der Waals surface area contributed by atoms with Gasteiger partial charge in [0.2, 0.25) is 11.8 Å². The number of carbonyl (C=O) groups excluding carboxylic acids is 3. The van der Waals surface area contributed by atoms with E-state index in [1.807, 2.05) is 0 Å². The van der Waals surface area contributed by atoms with Gasteiger partial charge in [0.15, 0.2) is 0 Å². The molecule has 0 spiro atoms. The van der Waals surface area contributed by atoms with Gasteiger partial charge in [0.25, 0.3) is 0 Å². The second kappa shape index (κ2) is 8.74. The molecule has 2 aliphatic heterocycles. The number of amides is 3. The van der Waals surface area contributed by atoms with Crippen LogP contribution in [-0.4, -0.2) is 48.1 Å². The number of halogens is 1. The molecule has 2 aromatic rings. The fourth-order valence-electron chi connectivity index (χ4n) is 3.36. The Labute approximate surface area is 177 Å². The Morgan fingerprint density at radius 2 is 2.07 bits per heavy atom. The number of rotatable bonds is 5. The molecule has 2 N–H and O–H groups in total. The molecule has 0 bridgehead atoms. The summed E-state index contributed by atoms with van der Waals surface area (Å²) >= 11 is 1.34. The molecule has 2 atom stereocenters. The van der Waals surface area contributed by atoms with E-state index in [0.29, 0.717) is 35.8 Å². The molecule has 0 aromatic heterocycles. The molecule has 2 fully saturated rings. The number of hydrogen-bond donors (Lipinski definition) is 2. The Hall–Kier alpha value is -3.07. The molecule has 0 saturated carbocycles. The van der Waals surface area contributed by atoms with Crippen molar-refractivity contribution in [2.75, 3.05) is 29.1 Å². The van der Waals surface area contributed by atoms with Crippen LogP contribution >= 0.6 is 11.8 Å². The highest BCUT2D eigenvalue weighted by Gasteiger charge is 2.33. The van der Waals surface area contributed by atoms with Gasteiger partial charge in [-0.1, -0.05) is 24.3 Å². The van der Waals surface area contributed by atoms with Crippen molar-refractivity contribution in [2.45, 2.75) is 17.7 Å². The van der Waals surface area contributed by atoms with Crippen LogP contribution in [0.25, 0.3) is 0 Å². The minimum absolute atomic E-state index is 0.269. The second-order valence-electron chi connectivity index (χ2n) is 6.98. The van der Waals surface area contributed by atoms with E-state index in [9.17, 15) is 18.8 Å². The fraction of sp³-hybridized carbons (Fsp3) is 0.286. The van der Waals surface area contributed by atoms with Crippen molar-refractivity contribution in [3.8, 4) is 0 Å². The van der Waals surface area contributed by atoms with Crippen molar-refractivity contribution in [3.63, 3.8) is 0 Å². The van der Waals surface area contributed by atoms with E-state index in [-0.39, 0.29) is 24.1 Å². The molecule has 7 nitrogen and oxygen atoms in total. The molecule has 2 aliphatic rings. The first kappa shape index (κ1) is 20.2. The van der Waals surface area contributed by atoms with Gasteiger partial charge in [-0.3, -0.25) is 14.5 Å². The number of anilines is 2. The smallest absolute Gasteiger partial charge is 0.414 e. The molecule has 4 rings (SSSR count). The van der Waals surface area contributed by atoms with Gasteiger partial charge in [-0.15, -0.1) is 11.8 Å². The molecule has 9 heteroatoms. The van der Waals surface area contributed by atoms with Gasteiger partial charge in [0, 0.05) is 17.1 Å².